The molecule has 0 aromatic rings. The van der Waals surface area contributed by atoms with Crippen LogP contribution >= 0.6 is 0 Å². The van der Waals surface area contributed by atoms with Gasteiger partial charge in [0.2, 0.25) is 0 Å². The van der Waals surface area contributed by atoms with Crippen LogP contribution < -0.4 is 5.32 Å². The first-order valence-corrected chi connectivity index (χ1v) is 6.47. The molecule has 1 aliphatic carbocycles. The second-order valence-corrected chi connectivity index (χ2v) is 5.23. The summed E-state index contributed by atoms with van der Waals surface area (Å²) in [5, 5.41) is 3.70. The molecule has 1 aliphatic rings. The van der Waals surface area contributed by atoms with Crippen LogP contribution in [0.5, 0.6) is 0 Å². The molecule has 1 fully saturated rings. The highest BCUT2D eigenvalue weighted by Crippen LogP contribution is 2.28. The van der Waals surface area contributed by atoms with Gasteiger partial charge < -0.3 is 10.1 Å². The number of nitrogens with one attached hydrogen (secondary N) is 1. The number of hydrogen-bond donors (Lipinski definition) is 1. The van der Waals surface area contributed by atoms with Crippen LogP contribution in [0.25, 0.3) is 0 Å². The van der Waals surface area contributed by atoms with E-state index in [1.165, 1.54) is 19.3 Å². The van der Waals surface area contributed by atoms with E-state index in [4.69, 9.17) is 4.74 Å². The predicted octanol–water partition coefficient (Wildman–Crippen LogP) is 2.83. The van der Waals surface area contributed by atoms with E-state index in [0.717, 1.165) is 25.0 Å². The topological polar surface area (TPSA) is 21.3 Å². The Labute approximate surface area is 94.8 Å². The maximum Gasteiger partial charge on any atom is 0.0616 e. The molecule has 0 aromatic carbocycles. The van der Waals surface area contributed by atoms with Gasteiger partial charge in [0.15, 0.2) is 0 Å². The maximum atomic E-state index is 5.43. The van der Waals surface area contributed by atoms with Crippen molar-refractivity contribution >= 4 is 0 Å². The number of ether oxygens (including phenoxy) is 1. The molecule has 0 spiro atoms. The average molecular weight is 213 g/mol. The van der Waals surface area contributed by atoms with E-state index in [1.807, 2.05) is 0 Å². The monoisotopic (exact) mass is 213 g/mol. The van der Waals surface area contributed by atoms with E-state index < -0.39 is 0 Å². The van der Waals surface area contributed by atoms with Crippen molar-refractivity contribution in [3.05, 3.63) is 0 Å². The molecule has 1 rings (SSSR count). The summed E-state index contributed by atoms with van der Waals surface area (Å²) in [6, 6.07) is 1.20. The van der Waals surface area contributed by atoms with Crippen LogP contribution in [0.2, 0.25) is 0 Å². The van der Waals surface area contributed by atoms with E-state index in [0.29, 0.717) is 12.1 Å². The summed E-state index contributed by atoms with van der Waals surface area (Å²) in [4.78, 5) is 0. The van der Waals surface area contributed by atoms with Crippen molar-refractivity contribution in [1.29, 1.82) is 0 Å². The highest BCUT2D eigenvalue weighted by Gasteiger charge is 2.25. The lowest BCUT2D eigenvalue weighted by atomic mass is 9.79. The molecule has 15 heavy (non-hydrogen) atoms. The molecule has 0 bridgehead atoms. The third-order valence-corrected chi connectivity index (χ3v) is 3.50. The van der Waals surface area contributed by atoms with Gasteiger partial charge in [-0.05, 0) is 44.9 Å². The van der Waals surface area contributed by atoms with Crippen LogP contribution in [0.15, 0.2) is 0 Å². The first-order chi connectivity index (χ1) is 7.13. The summed E-state index contributed by atoms with van der Waals surface area (Å²) in [7, 11) is 0. The molecule has 2 nitrogen and oxygen atoms in total. The lowest BCUT2D eigenvalue weighted by Gasteiger charge is -2.35. The highest BCUT2D eigenvalue weighted by molar-refractivity contribution is 4.82. The Morgan fingerprint density at radius 2 is 2.07 bits per heavy atom. The summed E-state index contributed by atoms with van der Waals surface area (Å²) < 4.78 is 5.43. The van der Waals surface area contributed by atoms with Crippen LogP contribution in [0.1, 0.15) is 47.0 Å². The second kappa shape index (κ2) is 6.49. The van der Waals surface area contributed by atoms with Gasteiger partial charge in [-0.15, -0.1) is 0 Å². The van der Waals surface area contributed by atoms with Crippen molar-refractivity contribution in [2.75, 3.05) is 13.2 Å². The molecule has 0 aromatic heterocycles. The molecular weight excluding hydrogens is 186 g/mol. The molecule has 0 heterocycles. The van der Waals surface area contributed by atoms with Gasteiger partial charge in [-0.25, -0.2) is 0 Å². The fourth-order valence-corrected chi connectivity index (χ4v) is 2.62. The summed E-state index contributed by atoms with van der Waals surface area (Å²) in [5.74, 6) is 1.73. The molecule has 90 valence electrons. The zero-order valence-corrected chi connectivity index (χ0v) is 10.8. The van der Waals surface area contributed by atoms with Crippen LogP contribution in [-0.2, 0) is 4.74 Å². The number of hydrogen-bond acceptors (Lipinski definition) is 2. The Hall–Kier alpha value is -0.0800. The van der Waals surface area contributed by atoms with Gasteiger partial charge in [0.05, 0.1) is 6.61 Å². The zero-order chi connectivity index (χ0) is 11.3. The van der Waals surface area contributed by atoms with Crippen LogP contribution in [0.4, 0.5) is 0 Å². The van der Waals surface area contributed by atoms with Crippen molar-refractivity contribution in [2.45, 2.75) is 59.0 Å². The minimum absolute atomic E-state index is 0.491. The normalized spacial score (nSPS) is 34.0. The number of rotatable bonds is 5. The van der Waals surface area contributed by atoms with Crippen LogP contribution in [-0.4, -0.2) is 25.3 Å². The third-order valence-electron chi connectivity index (χ3n) is 3.50. The Morgan fingerprint density at radius 1 is 1.33 bits per heavy atom. The fourth-order valence-electron chi connectivity index (χ4n) is 2.62. The highest BCUT2D eigenvalue weighted by atomic mass is 16.5. The molecular formula is C13H27NO. The van der Waals surface area contributed by atoms with Crippen LogP contribution in [0, 0.1) is 11.8 Å². The first-order valence-electron chi connectivity index (χ1n) is 6.47. The largest absolute Gasteiger partial charge is 0.380 e. The van der Waals surface area contributed by atoms with E-state index in [1.54, 1.807) is 0 Å². The molecule has 2 heteroatoms. The minimum atomic E-state index is 0.491. The van der Waals surface area contributed by atoms with Crippen molar-refractivity contribution in [3.8, 4) is 0 Å². The summed E-state index contributed by atoms with van der Waals surface area (Å²) >= 11 is 0. The minimum Gasteiger partial charge on any atom is -0.380 e. The quantitative estimate of drug-likeness (QED) is 0.758. The maximum absolute atomic E-state index is 5.43. The SMILES string of the molecule is CCOCC(C)NC1CCC(C)CC1C. The van der Waals surface area contributed by atoms with E-state index in [2.05, 4.69) is 33.0 Å². The summed E-state index contributed by atoms with van der Waals surface area (Å²) in [5.41, 5.74) is 0. The van der Waals surface area contributed by atoms with Crippen molar-refractivity contribution in [1.82, 2.24) is 5.32 Å². The van der Waals surface area contributed by atoms with E-state index in [-0.39, 0.29) is 0 Å². The molecule has 4 unspecified atom stereocenters. The third kappa shape index (κ3) is 4.52. The fraction of sp³-hybridized carbons (Fsp3) is 1.00. The van der Waals surface area contributed by atoms with Crippen molar-refractivity contribution < 1.29 is 4.74 Å². The Balaban J connectivity index is 2.25. The smallest absolute Gasteiger partial charge is 0.0616 e. The molecule has 4 atom stereocenters. The molecule has 0 amide bonds. The van der Waals surface area contributed by atoms with Gasteiger partial charge in [-0.2, -0.15) is 0 Å². The average Bonchev–Trinajstić information content (AvgIpc) is 2.19. The van der Waals surface area contributed by atoms with E-state index in [9.17, 15) is 0 Å². The lowest BCUT2D eigenvalue weighted by molar-refractivity contribution is 0.112. The Bertz CT molecular complexity index is 172. The molecule has 0 radical (unpaired) electrons. The van der Waals surface area contributed by atoms with Gasteiger partial charge in [0.1, 0.15) is 0 Å². The van der Waals surface area contributed by atoms with Crippen LogP contribution in [0.3, 0.4) is 0 Å². The van der Waals surface area contributed by atoms with Gasteiger partial charge >= 0.3 is 0 Å². The summed E-state index contributed by atoms with van der Waals surface area (Å²) in [6.07, 6.45) is 4.08. The van der Waals surface area contributed by atoms with Gasteiger partial charge in [-0.3, -0.25) is 0 Å². The Kier molecular flexibility index (Phi) is 5.62. The Morgan fingerprint density at radius 3 is 2.67 bits per heavy atom. The second-order valence-electron chi connectivity index (χ2n) is 5.23. The molecule has 0 aliphatic heterocycles. The van der Waals surface area contributed by atoms with Crippen molar-refractivity contribution in [3.63, 3.8) is 0 Å². The van der Waals surface area contributed by atoms with E-state index >= 15 is 0 Å². The van der Waals surface area contributed by atoms with Gasteiger partial charge in [0.25, 0.3) is 0 Å². The van der Waals surface area contributed by atoms with Crippen molar-refractivity contribution in [2.24, 2.45) is 11.8 Å². The molecule has 1 N–H and O–H groups in total. The molecule has 0 saturated heterocycles. The molecule has 1 saturated carbocycles. The standard InChI is InChI=1S/C13H27NO/c1-5-15-9-12(4)14-13-7-6-10(2)8-11(13)3/h10-14H,5-9H2,1-4H3. The first kappa shape index (κ1) is 13.0. The zero-order valence-electron chi connectivity index (χ0n) is 10.8. The van der Waals surface area contributed by atoms with Gasteiger partial charge in [-0.1, -0.05) is 13.8 Å². The summed E-state index contributed by atoms with van der Waals surface area (Å²) in [6.45, 7) is 10.7. The van der Waals surface area contributed by atoms with Gasteiger partial charge in [0, 0.05) is 18.7 Å². The predicted molar refractivity (Wildman–Crippen MR) is 65.1 cm³/mol. The lowest BCUT2D eigenvalue weighted by Crippen LogP contribution is -2.45.